The zero-order valence-electron chi connectivity index (χ0n) is 12.6. The molecule has 1 unspecified atom stereocenters. The number of rotatable bonds is 4. The quantitative estimate of drug-likeness (QED) is 0.825. The molecule has 1 aromatic carbocycles. The minimum Gasteiger partial charge on any atom is -0.497 e. The fourth-order valence-electron chi connectivity index (χ4n) is 3.35. The van der Waals surface area contributed by atoms with E-state index in [2.05, 4.69) is 46.5 Å². The number of hydrogen-bond acceptors (Lipinski definition) is 2. The van der Waals surface area contributed by atoms with Crippen LogP contribution < -0.4 is 10.1 Å². The van der Waals surface area contributed by atoms with Crippen LogP contribution in [0.3, 0.4) is 0 Å². The summed E-state index contributed by atoms with van der Waals surface area (Å²) in [4.78, 5) is 0. The second-order valence-corrected chi connectivity index (χ2v) is 6.61. The van der Waals surface area contributed by atoms with Crippen LogP contribution in [-0.4, -0.2) is 14.2 Å². The molecule has 1 aliphatic rings. The highest BCUT2D eigenvalue weighted by Gasteiger charge is 2.24. The Morgan fingerprint density at radius 3 is 2.35 bits per heavy atom. The zero-order valence-corrected chi connectivity index (χ0v) is 14.2. The van der Waals surface area contributed by atoms with Crippen LogP contribution >= 0.6 is 15.9 Å². The Bertz CT molecular complexity index is 413. The van der Waals surface area contributed by atoms with E-state index in [1.807, 2.05) is 0 Å². The van der Waals surface area contributed by atoms with Crippen molar-refractivity contribution in [3.8, 4) is 5.75 Å². The van der Waals surface area contributed by atoms with Gasteiger partial charge >= 0.3 is 0 Å². The lowest BCUT2D eigenvalue weighted by atomic mass is 9.83. The maximum Gasteiger partial charge on any atom is 0.120 e. The van der Waals surface area contributed by atoms with Crippen LogP contribution in [0.1, 0.15) is 56.6 Å². The lowest BCUT2D eigenvalue weighted by molar-refractivity contribution is 0.298. The minimum atomic E-state index is 0.438. The van der Waals surface area contributed by atoms with Gasteiger partial charge in [0.2, 0.25) is 0 Å². The molecule has 0 saturated heterocycles. The standard InChI is InChI=1S/C17H26BrNO/c1-19-17(13-8-6-4-3-5-7-9-13)15-11-10-14(20-2)12-16(15)18/h10-13,17,19H,3-9H2,1-2H3. The third-order valence-corrected chi connectivity index (χ3v) is 5.16. The normalized spacial score (nSPS) is 19.1. The minimum absolute atomic E-state index is 0.438. The molecule has 0 spiro atoms. The highest BCUT2D eigenvalue weighted by molar-refractivity contribution is 9.10. The van der Waals surface area contributed by atoms with Crippen LogP contribution in [0.2, 0.25) is 0 Å². The predicted octanol–water partition coefficient (Wildman–Crippen LogP) is 5.08. The molecule has 0 radical (unpaired) electrons. The molecule has 0 aromatic heterocycles. The first kappa shape index (κ1) is 15.8. The van der Waals surface area contributed by atoms with Gasteiger partial charge in [-0.1, -0.05) is 54.1 Å². The molecule has 0 bridgehead atoms. The Morgan fingerprint density at radius 1 is 1.15 bits per heavy atom. The van der Waals surface area contributed by atoms with Gasteiger partial charge in [-0.05, 0) is 43.5 Å². The molecule has 1 fully saturated rings. The third kappa shape index (κ3) is 3.98. The van der Waals surface area contributed by atoms with Gasteiger partial charge in [-0.15, -0.1) is 0 Å². The van der Waals surface area contributed by atoms with Gasteiger partial charge in [-0.25, -0.2) is 0 Å². The van der Waals surface area contributed by atoms with Crippen LogP contribution in [0, 0.1) is 5.92 Å². The maximum absolute atomic E-state index is 5.29. The van der Waals surface area contributed by atoms with E-state index in [-0.39, 0.29) is 0 Å². The predicted molar refractivity (Wildman–Crippen MR) is 88.3 cm³/mol. The average Bonchev–Trinajstić information content (AvgIpc) is 2.42. The molecule has 0 heterocycles. The van der Waals surface area contributed by atoms with Gasteiger partial charge in [0.25, 0.3) is 0 Å². The first-order valence-electron chi connectivity index (χ1n) is 7.77. The fourth-order valence-corrected chi connectivity index (χ4v) is 3.96. The summed E-state index contributed by atoms with van der Waals surface area (Å²) in [5.41, 5.74) is 1.36. The van der Waals surface area contributed by atoms with Gasteiger partial charge in [0, 0.05) is 10.5 Å². The Hall–Kier alpha value is -0.540. The lowest BCUT2D eigenvalue weighted by Gasteiger charge is -2.29. The second kappa shape index (κ2) is 8.04. The molecule has 0 amide bonds. The molecule has 0 aliphatic heterocycles. The number of benzene rings is 1. The van der Waals surface area contributed by atoms with Gasteiger partial charge in [0.15, 0.2) is 0 Å². The molecule has 1 atom stereocenters. The lowest BCUT2D eigenvalue weighted by Crippen LogP contribution is -2.26. The summed E-state index contributed by atoms with van der Waals surface area (Å²) >= 11 is 3.71. The van der Waals surface area contributed by atoms with Crippen molar-refractivity contribution in [1.29, 1.82) is 0 Å². The summed E-state index contributed by atoms with van der Waals surface area (Å²) in [6.45, 7) is 0. The second-order valence-electron chi connectivity index (χ2n) is 5.76. The van der Waals surface area contributed by atoms with Crippen LogP contribution in [0.4, 0.5) is 0 Å². The molecule has 3 heteroatoms. The maximum atomic E-state index is 5.29. The first-order valence-corrected chi connectivity index (χ1v) is 8.56. The molecule has 1 N–H and O–H groups in total. The van der Waals surface area contributed by atoms with Crippen molar-refractivity contribution in [3.05, 3.63) is 28.2 Å². The average molecular weight is 340 g/mol. The monoisotopic (exact) mass is 339 g/mol. The number of nitrogens with one attached hydrogen (secondary N) is 1. The zero-order chi connectivity index (χ0) is 14.4. The van der Waals surface area contributed by atoms with Gasteiger partial charge in [0.05, 0.1) is 7.11 Å². The number of ether oxygens (including phenoxy) is 1. The highest BCUT2D eigenvalue weighted by atomic mass is 79.9. The van der Waals surface area contributed by atoms with Crippen molar-refractivity contribution in [2.75, 3.05) is 14.2 Å². The van der Waals surface area contributed by atoms with E-state index in [1.54, 1.807) is 7.11 Å². The van der Waals surface area contributed by atoms with Crippen LogP contribution in [0.5, 0.6) is 5.75 Å². The van der Waals surface area contributed by atoms with Crippen molar-refractivity contribution < 1.29 is 4.74 Å². The molecule has 2 rings (SSSR count). The molecule has 20 heavy (non-hydrogen) atoms. The van der Waals surface area contributed by atoms with Gasteiger partial charge in [-0.2, -0.15) is 0 Å². The molecule has 112 valence electrons. The van der Waals surface area contributed by atoms with E-state index in [0.29, 0.717) is 6.04 Å². The van der Waals surface area contributed by atoms with E-state index in [1.165, 1.54) is 50.5 Å². The first-order chi connectivity index (χ1) is 9.76. The molecular formula is C17H26BrNO. The molecule has 1 aromatic rings. The summed E-state index contributed by atoms with van der Waals surface area (Å²) in [6.07, 6.45) is 9.64. The van der Waals surface area contributed by atoms with E-state index in [9.17, 15) is 0 Å². The van der Waals surface area contributed by atoms with Crippen LogP contribution in [0.15, 0.2) is 22.7 Å². The summed E-state index contributed by atoms with van der Waals surface area (Å²) < 4.78 is 6.45. The molecule has 1 aliphatic carbocycles. The van der Waals surface area contributed by atoms with Gasteiger partial charge in [-0.3, -0.25) is 0 Å². The number of hydrogen-bond donors (Lipinski definition) is 1. The summed E-state index contributed by atoms with van der Waals surface area (Å²) in [6, 6.07) is 6.77. The largest absolute Gasteiger partial charge is 0.497 e. The summed E-state index contributed by atoms with van der Waals surface area (Å²) in [7, 11) is 3.80. The Balaban J connectivity index is 2.17. The van der Waals surface area contributed by atoms with E-state index >= 15 is 0 Å². The third-order valence-electron chi connectivity index (χ3n) is 4.47. The van der Waals surface area contributed by atoms with Gasteiger partial charge in [0.1, 0.15) is 5.75 Å². The van der Waals surface area contributed by atoms with Crippen LogP contribution in [0.25, 0.3) is 0 Å². The highest BCUT2D eigenvalue weighted by Crippen LogP contribution is 2.36. The van der Waals surface area contributed by atoms with E-state index in [0.717, 1.165) is 16.1 Å². The molecular weight excluding hydrogens is 314 g/mol. The van der Waals surface area contributed by atoms with Crippen molar-refractivity contribution in [1.82, 2.24) is 5.32 Å². The Morgan fingerprint density at radius 2 is 1.80 bits per heavy atom. The van der Waals surface area contributed by atoms with Crippen molar-refractivity contribution in [2.45, 2.75) is 51.0 Å². The van der Waals surface area contributed by atoms with Crippen molar-refractivity contribution >= 4 is 15.9 Å². The number of methoxy groups -OCH3 is 1. The number of halogens is 1. The fraction of sp³-hybridized carbons (Fsp3) is 0.647. The topological polar surface area (TPSA) is 21.3 Å². The summed E-state index contributed by atoms with van der Waals surface area (Å²) in [5.74, 6) is 1.65. The van der Waals surface area contributed by atoms with E-state index in [4.69, 9.17) is 4.74 Å². The van der Waals surface area contributed by atoms with Gasteiger partial charge < -0.3 is 10.1 Å². The van der Waals surface area contributed by atoms with Crippen molar-refractivity contribution in [3.63, 3.8) is 0 Å². The van der Waals surface area contributed by atoms with Crippen molar-refractivity contribution in [2.24, 2.45) is 5.92 Å². The summed E-state index contributed by atoms with van der Waals surface area (Å²) in [5, 5.41) is 3.54. The van der Waals surface area contributed by atoms with Crippen LogP contribution in [-0.2, 0) is 0 Å². The smallest absolute Gasteiger partial charge is 0.120 e. The Labute approximate surface area is 131 Å². The SMILES string of the molecule is CNC(c1ccc(OC)cc1Br)C1CCCCCCC1. The van der Waals surface area contributed by atoms with E-state index < -0.39 is 0 Å². The Kier molecular flexibility index (Phi) is 6.37. The molecule has 2 nitrogen and oxygen atoms in total. The molecule has 1 saturated carbocycles.